The van der Waals surface area contributed by atoms with E-state index in [1.54, 1.807) is 54.6 Å². The Bertz CT molecular complexity index is 1310. The lowest BCUT2D eigenvalue weighted by Crippen LogP contribution is -2.32. The average Bonchev–Trinajstić information content (AvgIpc) is 2.85. The molecule has 0 atom stereocenters. The van der Waals surface area contributed by atoms with Crippen LogP contribution in [0.4, 0.5) is 11.4 Å². The fraction of sp³-hybridized carbons (Fsp3) is 0.120. The second-order valence-electron chi connectivity index (χ2n) is 7.37. The van der Waals surface area contributed by atoms with Crippen molar-refractivity contribution in [2.75, 3.05) is 24.4 Å². The third kappa shape index (κ3) is 7.72. The zero-order chi connectivity index (χ0) is 26.1. The van der Waals surface area contributed by atoms with E-state index in [1.165, 1.54) is 19.4 Å². The molecule has 186 valence electrons. The van der Waals surface area contributed by atoms with Gasteiger partial charge < -0.3 is 20.1 Å². The van der Waals surface area contributed by atoms with Gasteiger partial charge >= 0.3 is 11.8 Å². The predicted octanol–water partition coefficient (Wildman–Crippen LogP) is 4.42. The summed E-state index contributed by atoms with van der Waals surface area (Å²) in [5.41, 5.74) is 4.53. The van der Waals surface area contributed by atoms with E-state index >= 15 is 0 Å². The molecule has 3 rings (SSSR count). The van der Waals surface area contributed by atoms with Gasteiger partial charge in [-0.15, -0.1) is 0 Å². The highest BCUT2D eigenvalue weighted by atomic mass is 35.5. The SMILES string of the molecule is COc1cc(/C=N\NC(=O)C(=O)Nc2cccc(Cl)c2)ccc1OCC(=O)Nc1ccc(C)c(Cl)c1. The Labute approximate surface area is 217 Å². The van der Waals surface area contributed by atoms with Crippen LogP contribution in [0.15, 0.2) is 65.8 Å². The Hall–Kier alpha value is -4.08. The van der Waals surface area contributed by atoms with Gasteiger partial charge in [-0.1, -0.05) is 35.3 Å². The number of nitrogens with zero attached hydrogens (tertiary/aromatic N) is 1. The third-order valence-corrected chi connectivity index (χ3v) is 5.31. The highest BCUT2D eigenvalue weighted by Gasteiger charge is 2.13. The molecule has 0 aliphatic rings. The van der Waals surface area contributed by atoms with Crippen LogP contribution in [0.2, 0.25) is 10.0 Å². The molecule has 9 nitrogen and oxygen atoms in total. The van der Waals surface area contributed by atoms with Crippen LogP contribution in [0.25, 0.3) is 0 Å². The number of carbonyl (C=O) groups is 3. The molecule has 3 amide bonds. The maximum Gasteiger partial charge on any atom is 0.329 e. The van der Waals surface area contributed by atoms with Crippen LogP contribution in [-0.4, -0.2) is 37.7 Å². The number of hydrogen-bond donors (Lipinski definition) is 3. The van der Waals surface area contributed by atoms with E-state index in [-0.39, 0.29) is 12.5 Å². The summed E-state index contributed by atoms with van der Waals surface area (Å²) in [7, 11) is 1.44. The Balaban J connectivity index is 1.53. The average molecular weight is 529 g/mol. The Morgan fingerprint density at radius 1 is 0.917 bits per heavy atom. The molecule has 0 fully saturated rings. The van der Waals surface area contributed by atoms with E-state index in [9.17, 15) is 14.4 Å². The molecule has 0 saturated carbocycles. The number of nitrogens with one attached hydrogen (secondary N) is 3. The number of aryl methyl sites for hydroxylation is 1. The number of anilines is 2. The summed E-state index contributed by atoms with van der Waals surface area (Å²) >= 11 is 11.9. The topological polar surface area (TPSA) is 118 Å². The molecule has 0 radical (unpaired) electrons. The summed E-state index contributed by atoms with van der Waals surface area (Å²) in [5, 5.41) is 9.87. The second kappa shape index (κ2) is 12.6. The number of ether oxygens (including phenoxy) is 2. The molecule has 0 heterocycles. The minimum atomic E-state index is -0.959. The van der Waals surface area contributed by atoms with Crippen LogP contribution >= 0.6 is 23.2 Å². The van der Waals surface area contributed by atoms with Crippen LogP contribution in [0.3, 0.4) is 0 Å². The van der Waals surface area contributed by atoms with Crippen molar-refractivity contribution in [1.82, 2.24) is 5.43 Å². The zero-order valence-electron chi connectivity index (χ0n) is 19.3. The molecule has 0 saturated heterocycles. The molecule has 36 heavy (non-hydrogen) atoms. The molecule has 3 N–H and O–H groups in total. The van der Waals surface area contributed by atoms with Gasteiger partial charge in [0.25, 0.3) is 5.91 Å². The van der Waals surface area contributed by atoms with Crippen LogP contribution in [0, 0.1) is 6.92 Å². The van der Waals surface area contributed by atoms with Crippen LogP contribution in [-0.2, 0) is 14.4 Å². The van der Waals surface area contributed by atoms with Crippen molar-refractivity contribution in [1.29, 1.82) is 0 Å². The fourth-order valence-electron chi connectivity index (χ4n) is 2.87. The van der Waals surface area contributed by atoms with Gasteiger partial charge in [0.05, 0.1) is 13.3 Å². The first-order chi connectivity index (χ1) is 17.2. The Morgan fingerprint density at radius 3 is 2.42 bits per heavy atom. The minimum Gasteiger partial charge on any atom is -0.493 e. The van der Waals surface area contributed by atoms with Crippen LogP contribution in [0.5, 0.6) is 11.5 Å². The molecular weight excluding hydrogens is 507 g/mol. The smallest absolute Gasteiger partial charge is 0.329 e. The monoisotopic (exact) mass is 528 g/mol. The van der Waals surface area contributed by atoms with E-state index in [2.05, 4.69) is 21.2 Å². The second-order valence-corrected chi connectivity index (χ2v) is 8.22. The molecule has 0 aliphatic carbocycles. The van der Waals surface area contributed by atoms with E-state index < -0.39 is 11.8 Å². The van der Waals surface area contributed by atoms with Crippen molar-refractivity contribution in [2.24, 2.45) is 5.10 Å². The molecule has 0 spiro atoms. The van der Waals surface area contributed by atoms with Gasteiger partial charge in [-0.05, 0) is 66.6 Å². The van der Waals surface area contributed by atoms with Gasteiger partial charge in [0.2, 0.25) is 0 Å². The van der Waals surface area contributed by atoms with Crippen molar-refractivity contribution in [2.45, 2.75) is 6.92 Å². The molecule has 11 heteroatoms. The molecule has 0 aliphatic heterocycles. The van der Waals surface area contributed by atoms with E-state index in [1.807, 2.05) is 6.92 Å². The summed E-state index contributed by atoms with van der Waals surface area (Å²) in [6.07, 6.45) is 1.32. The van der Waals surface area contributed by atoms with Gasteiger partial charge in [-0.2, -0.15) is 5.10 Å². The summed E-state index contributed by atoms with van der Waals surface area (Å²) in [6, 6.07) is 16.4. The summed E-state index contributed by atoms with van der Waals surface area (Å²) in [5.74, 6) is -1.56. The maximum absolute atomic E-state index is 12.2. The molecular formula is C25H22Cl2N4O5. The summed E-state index contributed by atoms with van der Waals surface area (Å²) in [4.78, 5) is 36.1. The number of carbonyl (C=O) groups excluding carboxylic acids is 3. The first kappa shape index (κ1) is 26.5. The predicted molar refractivity (Wildman–Crippen MR) is 139 cm³/mol. The number of rotatable bonds is 8. The lowest BCUT2D eigenvalue weighted by molar-refractivity contribution is -0.136. The lowest BCUT2D eigenvalue weighted by Gasteiger charge is -2.12. The first-order valence-electron chi connectivity index (χ1n) is 10.5. The van der Waals surface area contributed by atoms with E-state index in [4.69, 9.17) is 32.7 Å². The standard InChI is InChI=1S/C25H22Cl2N4O5/c1-15-6-8-19(12-20(15)27)29-23(32)14-36-21-9-7-16(10-22(21)35-2)13-28-31-25(34)24(33)30-18-5-3-4-17(26)11-18/h3-13H,14H2,1-2H3,(H,29,32)(H,30,33)(H,31,34)/b28-13-. The quantitative estimate of drug-likeness (QED) is 0.227. The van der Waals surface area contributed by atoms with Crippen LogP contribution in [0.1, 0.15) is 11.1 Å². The number of methoxy groups -OCH3 is 1. The number of amides is 3. The van der Waals surface area contributed by atoms with Crippen molar-refractivity contribution in [3.8, 4) is 11.5 Å². The van der Waals surface area contributed by atoms with Gasteiger partial charge in [-0.25, -0.2) is 5.43 Å². The molecule has 0 unspecified atom stereocenters. The number of hydrogen-bond acceptors (Lipinski definition) is 6. The number of benzene rings is 3. The lowest BCUT2D eigenvalue weighted by atomic mass is 10.2. The highest BCUT2D eigenvalue weighted by Crippen LogP contribution is 2.27. The van der Waals surface area contributed by atoms with Crippen molar-refractivity contribution in [3.63, 3.8) is 0 Å². The largest absolute Gasteiger partial charge is 0.493 e. The Kier molecular flexibility index (Phi) is 9.26. The zero-order valence-corrected chi connectivity index (χ0v) is 20.8. The fourth-order valence-corrected chi connectivity index (χ4v) is 3.24. The molecule has 0 bridgehead atoms. The van der Waals surface area contributed by atoms with Gasteiger partial charge in [-0.3, -0.25) is 14.4 Å². The molecule has 3 aromatic carbocycles. The van der Waals surface area contributed by atoms with Crippen molar-refractivity contribution >= 4 is 58.5 Å². The highest BCUT2D eigenvalue weighted by molar-refractivity contribution is 6.39. The van der Waals surface area contributed by atoms with E-state index in [0.717, 1.165) is 5.56 Å². The normalized spacial score (nSPS) is 10.6. The van der Waals surface area contributed by atoms with Crippen LogP contribution < -0.4 is 25.5 Å². The number of hydrazone groups is 1. The minimum absolute atomic E-state index is 0.257. The maximum atomic E-state index is 12.2. The summed E-state index contributed by atoms with van der Waals surface area (Å²) in [6.45, 7) is 1.61. The van der Waals surface area contributed by atoms with E-state index in [0.29, 0.717) is 38.5 Å². The first-order valence-corrected chi connectivity index (χ1v) is 11.3. The molecule has 0 aromatic heterocycles. The third-order valence-electron chi connectivity index (χ3n) is 4.67. The van der Waals surface area contributed by atoms with Crippen molar-refractivity contribution in [3.05, 3.63) is 81.8 Å². The Morgan fingerprint density at radius 2 is 1.69 bits per heavy atom. The van der Waals surface area contributed by atoms with Gasteiger partial charge in [0.15, 0.2) is 18.1 Å². The van der Waals surface area contributed by atoms with Gasteiger partial charge in [0, 0.05) is 21.4 Å². The number of halogens is 2. The molecule has 3 aromatic rings. The van der Waals surface area contributed by atoms with Crippen molar-refractivity contribution < 1.29 is 23.9 Å². The summed E-state index contributed by atoms with van der Waals surface area (Å²) < 4.78 is 10.9. The van der Waals surface area contributed by atoms with Gasteiger partial charge in [0.1, 0.15) is 0 Å².